The molecule has 1 atom stereocenters. The van der Waals surface area contributed by atoms with E-state index in [0.717, 1.165) is 8.95 Å². The number of carbonyl (C=O) groups excluding carboxylic acids is 1. The molecule has 0 saturated carbocycles. The molecule has 19 heavy (non-hydrogen) atoms. The first-order chi connectivity index (χ1) is 8.88. The summed E-state index contributed by atoms with van der Waals surface area (Å²) in [4.78, 5) is 12.2. The van der Waals surface area contributed by atoms with Gasteiger partial charge in [0.25, 0.3) is 0 Å². The molecule has 0 aliphatic rings. The first-order valence-corrected chi connectivity index (χ1v) is 7.19. The molecule has 104 valence electrons. The summed E-state index contributed by atoms with van der Waals surface area (Å²) in [5.41, 5.74) is 6.18. The summed E-state index contributed by atoms with van der Waals surface area (Å²) in [5, 5.41) is 14.4. The summed E-state index contributed by atoms with van der Waals surface area (Å²) < 4.78 is 1.49. The number of halogens is 2. The van der Waals surface area contributed by atoms with Crippen molar-refractivity contribution in [3.63, 3.8) is 0 Å². The third-order valence-corrected chi connectivity index (χ3v) is 3.92. The van der Waals surface area contributed by atoms with E-state index in [1.807, 2.05) is 32.0 Å². The largest absolute Gasteiger partial charge is 0.409 e. The number of nitrogens with zero attached hydrogens (tertiary/aromatic N) is 1. The SMILES string of the molecule is CC(C)C(C(=O)Nc1c(Br)cccc1Br)/C(N)=N/O. The third-order valence-electron chi connectivity index (χ3n) is 2.59. The maximum Gasteiger partial charge on any atom is 0.235 e. The average Bonchev–Trinajstić information content (AvgIpc) is 2.33. The van der Waals surface area contributed by atoms with Crippen molar-refractivity contribution in [2.45, 2.75) is 13.8 Å². The van der Waals surface area contributed by atoms with Crippen LogP contribution in [0, 0.1) is 11.8 Å². The molecule has 0 spiro atoms. The Hall–Kier alpha value is -1.08. The normalized spacial score (nSPS) is 13.4. The number of oxime groups is 1. The number of anilines is 1. The number of para-hydroxylation sites is 1. The van der Waals surface area contributed by atoms with E-state index < -0.39 is 5.92 Å². The monoisotopic (exact) mass is 391 g/mol. The van der Waals surface area contributed by atoms with Crippen molar-refractivity contribution in [1.29, 1.82) is 0 Å². The van der Waals surface area contributed by atoms with E-state index in [2.05, 4.69) is 42.3 Å². The van der Waals surface area contributed by atoms with E-state index in [-0.39, 0.29) is 17.7 Å². The molecule has 0 radical (unpaired) electrons. The highest BCUT2D eigenvalue weighted by molar-refractivity contribution is 9.11. The average molecular weight is 393 g/mol. The molecular formula is C12H15Br2N3O2. The van der Waals surface area contributed by atoms with Crippen molar-refractivity contribution in [2.75, 3.05) is 5.32 Å². The van der Waals surface area contributed by atoms with Gasteiger partial charge in [-0.2, -0.15) is 0 Å². The van der Waals surface area contributed by atoms with E-state index in [1.165, 1.54) is 0 Å². The number of amides is 1. The Morgan fingerprint density at radius 3 is 2.32 bits per heavy atom. The van der Waals surface area contributed by atoms with Crippen LogP contribution in [0.3, 0.4) is 0 Å². The molecule has 1 amide bonds. The molecule has 4 N–H and O–H groups in total. The van der Waals surface area contributed by atoms with Crippen LogP contribution in [0.5, 0.6) is 0 Å². The van der Waals surface area contributed by atoms with Crippen LogP contribution in [0.2, 0.25) is 0 Å². The third kappa shape index (κ3) is 3.94. The topological polar surface area (TPSA) is 87.7 Å². The summed E-state index contributed by atoms with van der Waals surface area (Å²) in [6, 6.07) is 5.47. The van der Waals surface area contributed by atoms with Crippen LogP contribution in [-0.4, -0.2) is 17.0 Å². The highest BCUT2D eigenvalue weighted by Crippen LogP contribution is 2.31. The van der Waals surface area contributed by atoms with Gasteiger partial charge in [-0.25, -0.2) is 0 Å². The minimum Gasteiger partial charge on any atom is -0.409 e. The predicted molar refractivity (Wildman–Crippen MR) is 82.2 cm³/mol. The molecule has 5 nitrogen and oxygen atoms in total. The van der Waals surface area contributed by atoms with Gasteiger partial charge in [0.2, 0.25) is 5.91 Å². The molecule has 0 fully saturated rings. The number of nitrogens with one attached hydrogen (secondary N) is 1. The molecule has 0 aliphatic carbocycles. The van der Waals surface area contributed by atoms with E-state index in [9.17, 15) is 4.79 Å². The van der Waals surface area contributed by atoms with Gasteiger partial charge in [-0.15, -0.1) is 0 Å². The second kappa shape index (κ2) is 6.91. The van der Waals surface area contributed by atoms with Gasteiger partial charge < -0.3 is 16.3 Å². The summed E-state index contributed by atoms with van der Waals surface area (Å²) in [5.74, 6) is -1.20. The fourth-order valence-electron chi connectivity index (χ4n) is 1.66. The number of rotatable bonds is 4. The van der Waals surface area contributed by atoms with Crippen LogP contribution in [0.15, 0.2) is 32.3 Å². The van der Waals surface area contributed by atoms with Gasteiger partial charge in [-0.1, -0.05) is 25.1 Å². The van der Waals surface area contributed by atoms with Crippen LogP contribution in [-0.2, 0) is 4.79 Å². The zero-order valence-electron chi connectivity index (χ0n) is 10.5. The van der Waals surface area contributed by atoms with Crippen molar-refractivity contribution in [3.05, 3.63) is 27.1 Å². The lowest BCUT2D eigenvalue weighted by Crippen LogP contribution is -2.38. The van der Waals surface area contributed by atoms with Crippen molar-refractivity contribution in [1.82, 2.24) is 0 Å². The molecular weight excluding hydrogens is 378 g/mol. The summed E-state index contributed by atoms with van der Waals surface area (Å²) in [7, 11) is 0. The first kappa shape index (κ1) is 16.0. The lowest BCUT2D eigenvalue weighted by Gasteiger charge is -2.19. The molecule has 1 aromatic carbocycles. The highest BCUT2D eigenvalue weighted by Gasteiger charge is 2.27. The molecule has 0 saturated heterocycles. The Labute approximate surface area is 128 Å². The number of hydrogen-bond acceptors (Lipinski definition) is 3. The van der Waals surface area contributed by atoms with Gasteiger partial charge in [0.15, 0.2) is 5.84 Å². The smallest absolute Gasteiger partial charge is 0.235 e. The van der Waals surface area contributed by atoms with Gasteiger partial charge in [0.1, 0.15) is 5.92 Å². The van der Waals surface area contributed by atoms with E-state index in [1.54, 1.807) is 0 Å². The summed E-state index contributed by atoms with van der Waals surface area (Å²) in [6.45, 7) is 3.66. The van der Waals surface area contributed by atoms with Gasteiger partial charge in [-0.05, 0) is 49.9 Å². The molecule has 1 unspecified atom stereocenters. The van der Waals surface area contributed by atoms with Crippen molar-refractivity contribution in [2.24, 2.45) is 22.7 Å². The first-order valence-electron chi connectivity index (χ1n) is 5.60. The molecule has 0 heterocycles. The standard InChI is InChI=1S/C12H15Br2N3O2/c1-6(2)9(11(15)17-19)12(18)16-10-7(13)4-3-5-8(10)14/h3-6,9,19H,1-2H3,(H2,15,17)(H,16,18). The fourth-order valence-corrected chi connectivity index (χ4v) is 2.86. The number of nitrogens with two attached hydrogens (primary N) is 1. The number of hydrogen-bond donors (Lipinski definition) is 3. The van der Waals surface area contributed by atoms with Gasteiger partial charge in [0.05, 0.1) is 5.69 Å². The molecule has 0 bridgehead atoms. The van der Waals surface area contributed by atoms with Gasteiger partial charge >= 0.3 is 0 Å². The Bertz CT molecular complexity index is 483. The van der Waals surface area contributed by atoms with Crippen LogP contribution < -0.4 is 11.1 Å². The Kier molecular flexibility index (Phi) is 5.81. The van der Waals surface area contributed by atoms with Crippen LogP contribution >= 0.6 is 31.9 Å². The Morgan fingerprint density at radius 2 is 1.89 bits per heavy atom. The van der Waals surface area contributed by atoms with E-state index in [0.29, 0.717) is 5.69 Å². The van der Waals surface area contributed by atoms with Crippen molar-refractivity contribution >= 4 is 49.3 Å². The summed E-state index contributed by atoms with van der Waals surface area (Å²) in [6.07, 6.45) is 0. The molecule has 0 aliphatic heterocycles. The zero-order chi connectivity index (χ0) is 14.6. The maximum absolute atomic E-state index is 12.2. The minimum absolute atomic E-state index is 0.0860. The Morgan fingerprint density at radius 1 is 1.37 bits per heavy atom. The van der Waals surface area contributed by atoms with E-state index >= 15 is 0 Å². The summed E-state index contributed by atoms with van der Waals surface area (Å²) >= 11 is 6.72. The molecule has 7 heteroatoms. The second-order valence-electron chi connectivity index (χ2n) is 4.33. The minimum atomic E-state index is -0.691. The quantitative estimate of drug-likeness (QED) is 0.318. The van der Waals surface area contributed by atoms with Crippen LogP contribution in [0.1, 0.15) is 13.8 Å². The van der Waals surface area contributed by atoms with Gasteiger partial charge in [0, 0.05) is 8.95 Å². The second-order valence-corrected chi connectivity index (χ2v) is 6.04. The lowest BCUT2D eigenvalue weighted by molar-refractivity contribution is -0.119. The molecule has 1 aromatic rings. The van der Waals surface area contributed by atoms with E-state index in [4.69, 9.17) is 10.9 Å². The zero-order valence-corrected chi connectivity index (χ0v) is 13.7. The number of amidine groups is 1. The van der Waals surface area contributed by atoms with Gasteiger partial charge in [-0.3, -0.25) is 4.79 Å². The van der Waals surface area contributed by atoms with Crippen LogP contribution in [0.4, 0.5) is 5.69 Å². The highest BCUT2D eigenvalue weighted by atomic mass is 79.9. The maximum atomic E-state index is 12.2. The number of benzene rings is 1. The number of carbonyl (C=O) groups is 1. The van der Waals surface area contributed by atoms with Crippen molar-refractivity contribution < 1.29 is 10.0 Å². The Balaban J connectivity index is 3.01. The van der Waals surface area contributed by atoms with Crippen LogP contribution in [0.25, 0.3) is 0 Å². The fraction of sp³-hybridized carbons (Fsp3) is 0.333. The predicted octanol–water partition coefficient (Wildman–Crippen LogP) is 3.17. The molecule has 0 aromatic heterocycles. The van der Waals surface area contributed by atoms with Crippen molar-refractivity contribution in [3.8, 4) is 0 Å². The molecule has 1 rings (SSSR count). The lowest BCUT2D eigenvalue weighted by atomic mass is 9.94.